The molecule has 0 aromatic carbocycles. The van der Waals surface area contributed by atoms with Crippen molar-refractivity contribution in [1.82, 2.24) is 0 Å². The van der Waals surface area contributed by atoms with Crippen LogP contribution in [0, 0.1) is 0 Å². The predicted octanol–water partition coefficient (Wildman–Crippen LogP) is -3.98. The van der Waals surface area contributed by atoms with Crippen LogP contribution >= 0.6 is 7.82 Å². The van der Waals surface area contributed by atoms with Gasteiger partial charge in [0, 0.05) is 53.6 Å². The van der Waals surface area contributed by atoms with Crippen LogP contribution in [0.15, 0.2) is 0 Å². The molecular weight excluding hydrogens is 302 g/mol. The van der Waals surface area contributed by atoms with Crippen molar-refractivity contribution in [1.29, 1.82) is 0 Å². The molecule has 0 saturated carbocycles. The van der Waals surface area contributed by atoms with Crippen molar-refractivity contribution < 1.29 is 96.0 Å². The minimum absolute atomic E-state index is 0. The molecule has 0 spiro atoms. The Kier molecular flexibility index (Phi) is 68.5. The third-order valence-corrected chi connectivity index (χ3v) is 0. The second-order valence-corrected chi connectivity index (χ2v) is 1.54. The number of hydrogen-bond donors (Lipinski definition) is 3. The fourth-order valence-corrected chi connectivity index (χ4v) is 0. The molecule has 0 aromatic rings. The van der Waals surface area contributed by atoms with Gasteiger partial charge < -0.3 is 19.0 Å². The molecule has 0 amide bonds. The summed E-state index contributed by atoms with van der Waals surface area (Å²) in [6.07, 6.45) is 0. The SMILES string of the molecule is O=P(O)(O)O.[Fe].[H-].[H-].[H-].[Li+].[Mg+2].[Mn].[Zn]. The van der Waals surface area contributed by atoms with Gasteiger partial charge in [-0.05, 0) is 0 Å². The van der Waals surface area contributed by atoms with E-state index < -0.39 is 7.82 Å². The fourth-order valence-electron chi connectivity index (χ4n) is 0. The van der Waals surface area contributed by atoms with E-state index in [1.165, 1.54) is 0 Å². The summed E-state index contributed by atoms with van der Waals surface area (Å²) in [6, 6.07) is 0. The largest absolute Gasteiger partial charge is 2.00 e. The van der Waals surface area contributed by atoms with E-state index in [-0.39, 0.29) is 99.8 Å². The molecule has 0 aliphatic rings. The Labute approximate surface area is 125 Å². The Morgan fingerprint density at radius 1 is 1.20 bits per heavy atom. The molecule has 0 bridgehead atoms. The molecule has 0 saturated heterocycles. The van der Waals surface area contributed by atoms with Crippen LogP contribution in [0.1, 0.15) is 4.28 Å². The van der Waals surface area contributed by atoms with Crippen LogP contribution in [0.4, 0.5) is 0 Å². The van der Waals surface area contributed by atoms with Crippen molar-refractivity contribution in [2.75, 3.05) is 0 Å². The standard InChI is InChI=1S/Fe.Li.Mg.Mn.H3O4P.Zn.3H/c;;;;1-5(2,3)4;;;;/h;;;;(H3,1,2,3,4);;;;/q;+1;+2;;;;3*-1. The topological polar surface area (TPSA) is 77.8 Å². The second kappa shape index (κ2) is 18.0. The molecule has 4 nitrogen and oxygen atoms in total. The van der Waals surface area contributed by atoms with Gasteiger partial charge in [-0.1, -0.05) is 0 Å². The summed E-state index contributed by atoms with van der Waals surface area (Å²) < 4.78 is 8.88. The van der Waals surface area contributed by atoms with Crippen LogP contribution in [0.5, 0.6) is 0 Å². The van der Waals surface area contributed by atoms with E-state index in [9.17, 15) is 0 Å². The van der Waals surface area contributed by atoms with Gasteiger partial charge in [-0.3, -0.25) is 0 Å². The maximum Gasteiger partial charge on any atom is 2.00 e. The van der Waals surface area contributed by atoms with Gasteiger partial charge in [0.15, 0.2) is 0 Å². The van der Waals surface area contributed by atoms with Crippen LogP contribution in [0.3, 0.4) is 0 Å². The molecule has 0 rings (SSSR count). The molecule has 10 heteroatoms. The third-order valence-electron chi connectivity index (χ3n) is 0. The summed E-state index contributed by atoms with van der Waals surface area (Å²) >= 11 is 0. The van der Waals surface area contributed by atoms with Crippen LogP contribution in [0.2, 0.25) is 0 Å². The third kappa shape index (κ3) is 116. The molecule has 55 valence electrons. The van der Waals surface area contributed by atoms with Gasteiger partial charge in [-0.2, -0.15) is 0 Å². The molecule has 0 aliphatic carbocycles. The van der Waals surface area contributed by atoms with E-state index in [1.807, 2.05) is 0 Å². The molecule has 0 unspecified atom stereocenters. The van der Waals surface area contributed by atoms with Crippen molar-refractivity contribution in [3.05, 3.63) is 0 Å². The van der Waals surface area contributed by atoms with Crippen molar-refractivity contribution in [3.63, 3.8) is 0 Å². The van der Waals surface area contributed by atoms with E-state index in [2.05, 4.69) is 0 Å². The summed E-state index contributed by atoms with van der Waals surface area (Å²) in [5.74, 6) is 0. The van der Waals surface area contributed by atoms with Crippen molar-refractivity contribution in [3.8, 4) is 0 Å². The number of phosphoric acid groups is 1. The normalized spacial score (nSPS) is 5.90. The summed E-state index contributed by atoms with van der Waals surface area (Å²) in [6.45, 7) is 0. The zero-order valence-corrected chi connectivity index (χ0v) is 12.9. The van der Waals surface area contributed by atoms with Crippen molar-refractivity contribution in [2.24, 2.45) is 0 Å². The van der Waals surface area contributed by atoms with Crippen molar-refractivity contribution in [2.45, 2.75) is 0 Å². The summed E-state index contributed by atoms with van der Waals surface area (Å²) in [5, 5.41) is 0. The fraction of sp³-hybridized carbons (Fsp3) is 0. The first-order valence-electron chi connectivity index (χ1n) is 0.783. The first kappa shape index (κ1) is 38.0. The zero-order valence-electron chi connectivity index (χ0n) is 8.34. The minimum Gasteiger partial charge on any atom is -1.00 e. The smallest absolute Gasteiger partial charge is 1.00 e. The zero-order chi connectivity index (χ0) is 4.50. The van der Waals surface area contributed by atoms with E-state index in [0.29, 0.717) is 0 Å². The quantitative estimate of drug-likeness (QED) is 0.315. The van der Waals surface area contributed by atoms with Gasteiger partial charge in [0.1, 0.15) is 0 Å². The number of rotatable bonds is 0. The molecule has 0 aliphatic heterocycles. The first-order chi connectivity index (χ1) is 2.00. The Morgan fingerprint density at radius 3 is 1.20 bits per heavy atom. The molecular formula is H6FeLiMgMnO4PZn. The van der Waals surface area contributed by atoms with E-state index in [1.54, 1.807) is 0 Å². The van der Waals surface area contributed by atoms with E-state index in [4.69, 9.17) is 19.2 Å². The predicted molar refractivity (Wildman–Crippen MR) is 23.4 cm³/mol. The molecule has 10 heavy (non-hydrogen) atoms. The first-order valence-corrected chi connectivity index (χ1v) is 2.35. The molecule has 0 atom stereocenters. The van der Waals surface area contributed by atoms with Gasteiger partial charge in [0.05, 0.1) is 0 Å². The Hall–Kier alpha value is 3.14. The second-order valence-electron chi connectivity index (χ2n) is 0.513. The Morgan fingerprint density at radius 2 is 1.20 bits per heavy atom. The Bertz CT molecular complexity index is 81.5. The van der Waals surface area contributed by atoms with E-state index >= 15 is 0 Å². The monoisotopic (exact) mass is 307 g/mol. The molecule has 0 heterocycles. The summed E-state index contributed by atoms with van der Waals surface area (Å²) in [5.41, 5.74) is 0. The molecule has 0 fully saturated rings. The van der Waals surface area contributed by atoms with Crippen molar-refractivity contribution >= 4 is 30.9 Å². The maximum atomic E-state index is 8.88. The van der Waals surface area contributed by atoms with Gasteiger partial charge in [-0.25, -0.2) is 4.57 Å². The van der Waals surface area contributed by atoms with Crippen LogP contribution in [-0.2, 0) is 58.2 Å². The number of hydrogen-bond acceptors (Lipinski definition) is 1. The summed E-state index contributed by atoms with van der Waals surface area (Å²) in [4.78, 5) is 21.6. The molecule has 1 radical (unpaired) electrons. The van der Waals surface area contributed by atoms with Gasteiger partial charge >= 0.3 is 49.7 Å². The van der Waals surface area contributed by atoms with E-state index in [0.717, 1.165) is 0 Å². The van der Waals surface area contributed by atoms with Crippen LogP contribution in [0.25, 0.3) is 0 Å². The van der Waals surface area contributed by atoms with Gasteiger partial charge in [0.25, 0.3) is 0 Å². The summed E-state index contributed by atoms with van der Waals surface area (Å²) in [7, 11) is -4.64. The van der Waals surface area contributed by atoms with Crippen LogP contribution in [-0.4, -0.2) is 37.7 Å². The molecule has 3 N–H and O–H groups in total. The van der Waals surface area contributed by atoms with Gasteiger partial charge in [0.2, 0.25) is 0 Å². The minimum atomic E-state index is -4.64. The average molecular weight is 308 g/mol. The average Bonchev–Trinajstić information content (AvgIpc) is 0.722. The van der Waals surface area contributed by atoms with Crippen LogP contribution < -0.4 is 18.9 Å². The Balaban J connectivity index is -0.00000000286. The molecule has 0 aromatic heterocycles. The maximum absolute atomic E-state index is 8.88. The van der Waals surface area contributed by atoms with Gasteiger partial charge in [-0.15, -0.1) is 0 Å².